The van der Waals surface area contributed by atoms with E-state index in [2.05, 4.69) is 23.5 Å². The van der Waals surface area contributed by atoms with Crippen molar-refractivity contribution in [2.24, 2.45) is 5.92 Å². The molecule has 1 heterocycles. The predicted molar refractivity (Wildman–Crippen MR) is 84.2 cm³/mol. The summed E-state index contributed by atoms with van der Waals surface area (Å²) in [5.41, 5.74) is 2.89. The van der Waals surface area contributed by atoms with Gasteiger partial charge in [0, 0.05) is 11.5 Å². The maximum Gasteiger partial charge on any atom is 0.128 e. The molecule has 0 unspecified atom stereocenters. The van der Waals surface area contributed by atoms with Crippen LogP contribution in [0.25, 0.3) is 0 Å². The van der Waals surface area contributed by atoms with E-state index in [9.17, 15) is 4.39 Å². The molecule has 0 fully saturated rings. The van der Waals surface area contributed by atoms with Gasteiger partial charge in [0.2, 0.25) is 0 Å². The minimum Gasteiger partial charge on any atom is -0.376 e. The van der Waals surface area contributed by atoms with Crippen LogP contribution in [0.3, 0.4) is 0 Å². The summed E-state index contributed by atoms with van der Waals surface area (Å²) in [7, 11) is 0. The van der Waals surface area contributed by atoms with E-state index in [1.54, 1.807) is 6.07 Å². The van der Waals surface area contributed by atoms with E-state index in [1.165, 1.54) is 11.6 Å². The molecule has 4 rings (SSSR count). The van der Waals surface area contributed by atoms with Crippen molar-refractivity contribution < 1.29 is 4.39 Å². The zero-order valence-electron chi connectivity index (χ0n) is 11.4. The van der Waals surface area contributed by atoms with Crippen molar-refractivity contribution in [1.29, 1.82) is 0 Å². The molecule has 0 spiro atoms. The van der Waals surface area contributed by atoms with Gasteiger partial charge in [-0.25, -0.2) is 4.39 Å². The first-order valence-electron chi connectivity index (χ1n) is 7.22. The Morgan fingerprint density at radius 3 is 2.71 bits per heavy atom. The van der Waals surface area contributed by atoms with Gasteiger partial charge in [0.25, 0.3) is 0 Å². The first-order chi connectivity index (χ1) is 10.3. The number of benzene rings is 2. The monoisotopic (exact) mass is 299 g/mol. The molecule has 2 aromatic rings. The lowest BCUT2D eigenvalue weighted by Crippen LogP contribution is -2.29. The summed E-state index contributed by atoms with van der Waals surface area (Å²) >= 11 is 6.34. The van der Waals surface area contributed by atoms with Crippen molar-refractivity contribution in [3.63, 3.8) is 0 Å². The maximum absolute atomic E-state index is 14.2. The zero-order valence-corrected chi connectivity index (χ0v) is 12.1. The number of para-hydroxylation sites is 1. The zero-order chi connectivity index (χ0) is 14.4. The molecule has 1 nitrogen and oxygen atoms in total. The lowest BCUT2D eigenvalue weighted by atomic mass is 9.77. The molecular weight excluding hydrogens is 285 g/mol. The van der Waals surface area contributed by atoms with E-state index in [0.29, 0.717) is 16.9 Å². The van der Waals surface area contributed by atoms with Crippen LogP contribution in [0, 0.1) is 11.7 Å². The van der Waals surface area contributed by atoms with Gasteiger partial charge in [-0.2, -0.15) is 0 Å². The summed E-state index contributed by atoms with van der Waals surface area (Å²) < 4.78 is 14.2. The third-order valence-electron chi connectivity index (χ3n) is 4.59. The van der Waals surface area contributed by atoms with Gasteiger partial charge in [0.1, 0.15) is 5.82 Å². The number of allylic oxidation sites excluding steroid dienone is 2. The highest BCUT2D eigenvalue weighted by atomic mass is 35.5. The summed E-state index contributed by atoms with van der Waals surface area (Å²) in [6.45, 7) is 0. The molecule has 3 heteroatoms. The second-order valence-corrected chi connectivity index (χ2v) is 6.11. The molecule has 0 amide bonds. The molecule has 0 saturated heterocycles. The Labute approximate surface area is 128 Å². The molecule has 0 aromatic heterocycles. The fraction of sp³-hybridized carbons (Fsp3) is 0.222. The van der Waals surface area contributed by atoms with Crippen LogP contribution < -0.4 is 5.32 Å². The third-order valence-corrected chi connectivity index (χ3v) is 4.90. The van der Waals surface area contributed by atoms with Crippen LogP contribution in [0.2, 0.25) is 5.02 Å². The Morgan fingerprint density at radius 1 is 1.05 bits per heavy atom. The highest BCUT2D eigenvalue weighted by Gasteiger charge is 2.39. The van der Waals surface area contributed by atoms with Crippen LogP contribution in [0.4, 0.5) is 10.1 Å². The van der Waals surface area contributed by atoms with E-state index < -0.39 is 0 Å². The van der Waals surface area contributed by atoms with Crippen LogP contribution in [0.1, 0.15) is 29.5 Å². The van der Waals surface area contributed by atoms with Crippen molar-refractivity contribution in [3.05, 3.63) is 76.6 Å². The summed E-state index contributed by atoms with van der Waals surface area (Å²) in [4.78, 5) is 0. The average molecular weight is 300 g/mol. The summed E-state index contributed by atoms with van der Waals surface area (Å²) in [6, 6.07) is 12.9. The molecular formula is C18H15ClFN. The van der Waals surface area contributed by atoms with Crippen molar-refractivity contribution in [2.75, 3.05) is 5.32 Å². The average Bonchev–Trinajstić information content (AvgIpc) is 2.97. The largest absolute Gasteiger partial charge is 0.376 e. The van der Waals surface area contributed by atoms with Gasteiger partial charge in [-0.05, 0) is 30.0 Å². The summed E-state index contributed by atoms with van der Waals surface area (Å²) in [5, 5.41) is 4.18. The molecule has 106 valence electrons. The molecule has 1 N–H and O–H groups in total. The third kappa shape index (κ3) is 1.97. The predicted octanol–water partition coefficient (Wildman–Crippen LogP) is 5.31. The fourth-order valence-corrected chi connectivity index (χ4v) is 3.85. The second kappa shape index (κ2) is 4.88. The van der Waals surface area contributed by atoms with Crippen LogP contribution in [-0.4, -0.2) is 0 Å². The smallest absolute Gasteiger partial charge is 0.128 e. The number of hydrogen-bond acceptors (Lipinski definition) is 1. The van der Waals surface area contributed by atoms with E-state index in [0.717, 1.165) is 17.7 Å². The van der Waals surface area contributed by atoms with Gasteiger partial charge in [0.05, 0.1) is 16.8 Å². The van der Waals surface area contributed by atoms with Crippen LogP contribution in [0.15, 0.2) is 54.6 Å². The number of anilines is 1. The summed E-state index contributed by atoms with van der Waals surface area (Å²) in [5.74, 6) is 0.494. The van der Waals surface area contributed by atoms with Gasteiger partial charge in [-0.1, -0.05) is 54.1 Å². The number of nitrogens with one attached hydrogen (secondary N) is 1. The van der Waals surface area contributed by atoms with Crippen LogP contribution in [-0.2, 0) is 0 Å². The maximum atomic E-state index is 14.2. The van der Waals surface area contributed by atoms with Crippen molar-refractivity contribution >= 4 is 17.3 Å². The molecule has 2 aliphatic rings. The second-order valence-electron chi connectivity index (χ2n) is 5.70. The molecule has 1 aliphatic heterocycles. The Kier molecular flexibility index (Phi) is 3.00. The lowest BCUT2D eigenvalue weighted by molar-refractivity contribution is 0.413. The Balaban J connectivity index is 1.85. The van der Waals surface area contributed by atoms with E-state index >= 15 is 0 Å². The SMILES string of the molecule is Fc1ccccc1[C@@H]1Nc2c(Cl)cccc2[C@@H]2C=CC[C@@H]21. The van der Waals surface area contributed by atoms with Crippen LogP contribution in [0.5, 0.6) is 0 Å². The Bertz CT molecular complexity index is 725. The van der Waals surface area contributed by atoms with Gasteiger partial charge >= 0.3 is 0 Å². The topological polar surface area (TPSA) is 12.0 Å². The standard InChI is InChI=1S/C18H15ClFN/c19-15-9-4-8-13-11-6-3-7-12(11)17(21-18(13)15)14-5-1-2-10-16(14)20/h1-6,8-12,17,21H,7H2/t11-,12+,17-/m1/s1. The van der Waals surface area contributed by atoms with E-state index in [4.69, 9.17) is 11.6 Å². The van der Waals surface area contributed by atoms with Crippen LogP contribution >= 0.6 is 11.6 Å². The molecule has 1 aliphatic carbocycles. The van der Waals surface area contributed by atoms with Gasteiger partial charge < -0.3 is 5.32 Å². The minimum atomic E-state index is -0.156. The van der Waals surface area contributed by atoms with Crippen molar-refractivity contribution in [1.82, 2.24) is 0 Å². The number of fused-ring (bicyclic) bond motifs is 3. The highest BCUT2D eigenvalue weighted by Crippen LogP contribution is 2.51. The normalized spacial score (nSPS) is 26.1. The molecule has 0 radical (unpaired) electrons. The quantitative estimate of drug-likeness (QED) is 0.704. The van der Waals surface area contributed by atoms with E-state index in [-0.39, 0.29) is 11.9 Å². The first-order valence-corrected chi connectivity index (χ1v) is 7.59. The molecule has 21 heavy (non-hydrogen) atoms. The molecule has 0 saturated carbocycles. The van der Waals surface area contributed by atoms with Gasteiger partial charge in [-0.15, -0.1) is 0 Å². The van der Waals surface area contributed by atoms with E-state index in [1.807, 2.05) is 24.3 Å². The van der Waals surface area contributed by atoms with Gasteiger partial charge in [0.15, 0.2) is 0 Å². The number of halogens is 2. The molecule has 3 atom stereocenters. The van der Waals surface area contributed by atoms with Crippen molar-refractivity contribution in [3.8, 4) is 0 Å². The van der Waals surface area contributed by atoms with Gasteiger partial charge in [-0.3, -0.25) is 0 Å². The summed E-state index contributed by atoms with van der Waals surface area (Å²) in [6.07, 6.45) is 5.39. The number of hydrogen-bond donors (Lipinski definition) is 1. The molecule has 0 bridgehead atoms. The Morgan fingerprint density at radius 2 is 1.86 bits per heavy atom. The highest BCUT2D eigenvalue weighted by molar-refractivity contribution is 6.33. The lowest BCUT2D eigenvalue weighted by Gasteiger charge is -2.38. The number of rotatable bonds is 1. The first kappa shape index (κ1) is 12.9. The van der Waals surface area contributed by atoms with Crippen molar-refractivity contribution in [2.45, 2.75) is 18.4 Å². The Hall–Kier alpha value is -1.80. The fourth-order valence-electron chi connectivity index (χ4n) is 3.62. The molecule has 2 aromatic carbocycles. The minimum absolute atomic E-state index is 0.0430.